The molecular weight excluding hydrogens is 334 g/mol. The third-order valence-electron chi connectivity index (χ3n) is 3.55. The predicted molar refractivity (Wildman–Crippen MR) is 90.6 cm³/mol. The maximum Gasteiger partial charge on any atom is 0.0577 e. The average Bonchev–Trinajstić information content (AvgIpc) is 2.43. The maximum atomic E-state index is 6.23. The smallest absolute Gasteiger partial charge is 0.0577 e. The Morgan fingerprint density at radius 1 is 1.05 bits per heavy atom. The van der Waals surface area contributed by atoms with E-state index in [4.69, 9.17) is 11.6 Å². The van der Waals surface area contributed by atoms with Gasteiger partial charge in [-0.25, -0.2) is 0 Å². The van der Waals surface area contributed by atoms with Crippen LogP contribution in [0.5, 0.6) is 0 Å². The first-order chi connectivity index (χ1) is 9.52. The SMILES string of the molecule is CCNC(c1ccc(C)c(C)c1)c1ccc(Br)c(Cl)c1. The second-order valence-electron chi connectivity index (χ2n) is 5.01. The molecule has 0 fully saturated rings. The van der Waals surface area contributed by atoms with Gasteiger partial charge in [0.15, 0.2) is 0 Å². The van der Waals surface area contributed by atoms with Gasteiger partial charge in [0.05, 0.1) is 11.1 Å². The summed E-state index contributed by atoms with van der Waals surface area (Å²) in [6.07, 6.45) is 0. The van der Waals surface area contributed by atoms with Crippen molar-refractivity contribution in [1.29, 1.82) is 0 Å². The van der Waals surface area contributed by atoms with Crippen LogP contribution in [0.4, 0.5) is 0 Å². The van der Waals surface area contributed by atoms with E-state index in [1.807, 2.05) is 12.1 Å². The molecule has 0 amide bonds. The zero-order valence-electron chi connectivity index (χ0n) is 12.0. The van der Waals surface area contributed by atoms with Crippen molar-refractivity contribution in [1.82, 2.24) is 5.32 Å². The molecule has 0 bridgehead atoms. The first kappa shape index (κ1) is 15.6. The summed E-state index contributed by atoms with van der Waals surface area (Å²) >= 11 is 9.67. The second-order valence-corrected chi connectivity index (χ2v) is 6.27. The Morgan fingerprint density at radius 2 is 1.70 bits per heavy atom. The summed E-state index contributed by atoms with van der Waals surface area (Å²) in [6.45, 7) is 7.31. The van der Waals surface area contributed by atoms with Crippen LogP contribution in [0.3, 0.4) is 0 Å². The van der Waals surface area contributed by atoms with Crippen LogP contribution in [0.25, 0.3) is 0 Å². The van der Waals surface area contributed by atoms with Gasteiger partial charge in [-0.1, -0.05) is 42.8 Å². The Labute approximate surface area is 134 Å². The molecule has 0 saturated heterocycles. The molecule has 20 heavy (non-hydrogen) atoms. The van der Waals surface area contributed by atoms with Crippen molar-refractivity contribution in [3.8, 4) is 0 Å². The zero-order valence-corrected chi connectivity index (χ0v) is 14.3. The fraction of sp³-hybridized carbons (Fsp3) is 0.294. The van der Waals surface area contributed by atoms with E-state index in [-0.39, 0.29) is 6.04 Å². The highest BCUT2D eigenvalue weighted by atomic mass is 79.9. The molecule has 106 valence electrons. The van der Waals surface area contributed by atoms with Gasteiger partial charge in [-0.2, -0.15) is 0 Å². The summed E-state index contributed by atoms with van der Waals surface area (Å²) in [5.41, 5.74) is 5.09. The largest absolute Gasteiger partial charge is 0.307 e. The molecule has 3 heteroatoms. The lowest BCUT2D eigenvalue weighted by atomic mass is 9.95. The van der Waals surface area contributed by atoms with Gasteiger partial charge in [-0.05, 0) is 70.7 Å². The molecule has 1 atom stereocenters. The van der Waals surface area contributed by atoms with Crippen LogP contribution in [0.2, 0.25) is 5.02 Å². The van der Waals surface area contributed by atoms with Gasteiger partial charge in [-0.15, -0.1) is 0 Å². The highest BCUT2D eigenvalue weighted by Crippen LogP contribution is 2.29. The quantitative estimate of drug-likeness (QED) is 0.775. The Kier molecular flexibility index (Phi) is 5.25. The molecule has 0 aliphatic carbocycles. The maximum absolute atomic E-state index is 6.23. The van der Waals surface area contributed by atoms with Gasteiger partial charge in [0, 0.05) is 4.47 Å². The molecule has 2 aromatic rings. The van der Waals surface area contributed by atoms with Crippen LogP contribution in [-0.2, 0) is 0 Å². The lowest BCUT2D eigenvalue weighted by Gasteiger charge is -2.20. The third-order valence-corrected chi connectivity index (χ3v) is 4.78. The van der Waals surface area contributed by atoms with E-state index in [0.717, 1.165) is 16.0 Å². The molecular formula is C17H19BrClN. The van der Waals surface area contributed by atoms with Crippen LogP contribution in [-0.4, -0.2) is 6.54 Å². The van der Waals surface area contributed by atoms with E-state index >= 15 is 0 Å². The van der Waals surface area contributed by atoms with Gasteiger partial charge in [0.25, 0.3) is 0 Å². The second kappa shape index (κ2) is 6.75. The van der Waals surface area contributed by atoms with Gasteiger partial charge in [0.2, 0.25) is 0 Å². The topological polar surface area (TPSA) is 12.0 Å². The molecule has 0 radical (unpaired) electrons. The van der Waals surface area contributed by atoms with Crippen LogP contribution in [0.15, 0.2) is 40.9 Å². The van der Waals surface area contributed by atoms with Gasteiger partial charge in [-0.3, -0.25) is 0 Å². The van der Waals surface area contributed by atoms with Crippen LogP contribution >= 0.6 is 27.5 Å². The van der Waals surface area contributed by atoms with Crippen LogP contribution < -0.4 is 5.32 Å². The van der Waals surface area contributed by atoms with E-state index in [1.165, 1.54) is 22.3 Å². The molecule has 2 aromatic carbocycles. The molecule has 1 nitrogen and oxygen atoms in total. The van der Waals surface area contributed by atoms with E-state index in [9.17, 15) is 0 Å². The minimum atomic E-state index is 0.171. The van der Waals surface area contributed by atoms with Crippen molar-refractivity contribution >= 4 is 27.5 Å². The highest BCUT2D eigenvalue weighted by Gasteiger charge is 2.14. The Balaban J connectivity index is 2.44. The van der Waals surface area contributed by atoms with Gasteiger partial charge in [0.1, 0.15) is 0 Å². The fourth-order valence-electron chi connectivity index (χ4n) is 2.27. The van der Waals surface area contributed by atoms with E-state index in [0.29, 0.717) is 0 Å². The van der Waals surface area contributed by atoms with Crippen LogP contribution in [0, 0.1) is 13.8 Å². The summed E-state index contributed by atoms with van der Waals surface area (Å²) in [7, 11) is 0. The monoisotopic (exact) mass is 351 g/mol. The molecule has 0 saturated carbocycles. The number of hydrogen-bond acceptors (Lipinski definition) is 1. The fourth-order valence-corrected chi connectivity index (χ4v) is 2.70. The molecule has 1 unspecified atom stereocenters. The number of hydrogen-bond donors (Lipinski definition) is 1. The summed E-state index contributed by atoms with van der Waals surface area (Å²) < 4.78 is 0.929. The summed E-state index contributed by atoms with van der Waals surface area (Å²) in [5, 5.41) is 4.28. The Bertz CT molecular complexity index is 558. The van der Waals surface area contributed by atoms with Crippen LogP contribution in [0.1, 0.15) is 35.2 Å². The predicted octanol–water partition coefficient (Wildman–Crippen LogP) is 5.42. The molecule has 0 aliphatic rings. The number of aryl methyl sites for hydroxylation is 2. The zero-order chi connectivity index (χ0) is 14.7. The first-order valence-electron chi connectivity index (χ1n) is 6.78. The Morgan fingerprint density at radius 3 is 2.30 bits per heavy atom. The van der Waals surface area contributed by atoms with Crippen molar-refractivity contribution in [2.24, 2.45) is 0 Å². The third kappa shape index (κ3) is 3.43. The molecule has 0 aliphatic heterocycles. The van der Waals surface area contributed by atoms with Crippen molar-refractivity contribution in [3.05, 3.63) is 68.1 Å². The number of halogens is 2. The van der Waals surface area contributed by atoms with E-state index in [1.54, 1.807) is 0 Å². The Hall–Kier alpha value is -0.830. The standard InChI is InChI=1S/C17H19BrClN/c1-4-20-17(13-6-5-11(2)12(3)9-13)14-7-8-15(18)16(19)10-14/h5-10,17,20H,4H2,1-3H3. The van der Waals surface area contributed by atoms with E-state index < -0.39 is 0 Å². The molecule has 0 heterocycles. The highest BCUT2D eigenvalue weighted by molar-refractivity contribution is 9.10. The lowest BCUT2D eigenvalue weighted by Crippen LogP contribution is -2.22. The van der Waals surface area contributed by atoms with Crippen molar-refractivity contribution in [2.75, 3.05) is 6.54 Å². The van der Waals surface area contributed by atoms with Gasteiger partial charge < -0.3 is 5.32 Å². The van der Waals surface area contributed by atoms with E-state index in [2.05, 4.69) is 66.3 Å². The van der Waals surface area contributed by atoms with Crippen molar-refractivity contribution in [2.45, 2.75) is 26.8 Å². The normalized spacial score (nSPS) is 12.4. The lowest BCUT2D eigenvalue weighted by molar-refractivity contribution is 0.630. The summed E-state index contributed by atoms with van der Waals surface area (Å²) in [5.74, 6) is 0. The number of rotatable bonds is 4. The molecule has 2 rings (SSSR count). The summed E-state index contributed by atoms with van der Waals surface area (Å²) in [4.78, 5) is 0. The first-order valence-corrected chi connectivity index (χ1v) is 7.95. The summed E-state index contributed by atoms with van der Waals surface area (Å²) in [6, 6.07) is 12.9. The average molecular weight is 353 g/mol. The minimum Gasteiger partial charge on any atom is -0.307 e. The van der Waals surface area contributed by atoms with Crippen molar-refractivity contribution in [3.63, 3.8) is 0 Å². The number of nitrogens with one attached hydrogen (secondary N) is 1. The molecule has 0 spiro atoms. The molecule has 0 aromatic heterocycles. The van der Waals surface area contributed by atoms with Crippen molar-refractivity contribution < 1.29 is 0 Å². The number of benzene rings is 2. The minimum absolute atomic E-state index is 0.171. The molecule has 1 N–H and O–H groups in total. The van der Waals surface area contributed by atoms with Gasteiger partial charge >= 0.3 is 0 Å².